The van der Waals surface area contributed by atoms with E-state index in [1.165, 1.54) is 18.2 Å². The van der Waals surface area contributed by atoms with Crippen LogP contribution in [0.5, 0.6) is 0 Å². The maximum atomic E-state index is 12.8. The van der Waals surface area contributed by atoms with Crippen molar-refractivity contribution < 1.29 is 9.18 Å². The SMILES string of the molecule is O=C(/C=C/c1ccc(F)cc1)NC1(c2ccccc2)CCC1. The quantitative estimate of drug-likeness (QED) is 0.848. The molecule has 1 aliphatic rings. The van der Waals surface area contributed by atoms with Crippen molar-refractivity contribution in [3.63, 3.8) is 0 Å². The highest BCUT2D eigenvalue weighted by molar-refractivity contribution is 5.92. The first-order valence-electron chi connectivity index (χ1n) is 7.49. The predicted octanol–water partition coefficient (Wildman–Crippen LogP) is 4.03. The molecule has 0 unspecified atom stereocenters. The number of halogens is 1. The molecule has 2 nitrogen and oxygen atoms in total. The van der Waals surface area contributed by atoms with Gasteiger partial charge in [0.2, 0.25) is 5.91 Å². The number of hydrogen-bond donors (Lipinski definition) is 1. The van der Waals surface area contributed by atoms with E-state index in [9.17, 15) is 9.18 Å². The molecule has 0 aromatic heterocycles. The molecule has 0 radical (unpaired) electrons. The van der Waals surface area contributed by atoms with E-state index in [0.717, 1.165) is 30.4 Å². The summed E-state index contributed by atoms with van der Waals surface area (Å²) in [7, 11) is 0. The van der Waals surface area contributed by atoms with Crippen LogP contribution in [-0.4, -0.2) is 5.91 Å². The Bertz CT molecular complexity index is 672. The minimum atomic E-state index is -0.279. The van der Waals surface area contributed by atoms with Gasteiger partial charge in [0, 0.05) is 6.08 Å². The predicted molar refractivity (Wildman–Crippen MR) is 85.5 cm³/mol. The van der Waals surface area contributed by atoms with Crippen LogP contribution < -0.4 is 5.32 Å². The van der Waals surface area contributed by atoms with Crippen molar-refractivity contribution in [1.29, 1.82) is 0 Å². The summed E-state index contributed by atoms with van der Waals surface area (Å²) in [5, 5.41) is 3.13. The second kappa shape index (κ2) is 6.14. The van der Waals surface area contributed by atoms with Gasteiger partial charge in [-0.25, -0.2) is 4.39 Å². The summed E-state index contributed by atoms with van der Waals surface area (Å²) in [6, 6.07) is 16.2. The molecule has 0 atom stereocenters. The van der Waals surface area contributed by atoms with Gasteiger partial charge >= 0.3 is 0 Å². The highest BCUT2D eigenvalue weighted by atomic mass is 19.1. The van der Waals surface area contributed by atoms with E-state index >= 15 is 0 Å². The molecule has 1 N–H and O–H groups in total. The van der Waals surface area contributed by atoms with Gasteiger partial charge in [0.25, 0.3) is 0 Å². The lowest BCUT2D eigenvalue weighted by Gasteiger charge is -2.42. The van der Waals surface area contributed by atoms with Crippen LogP contribution in [0.1, 0.15) is 30.4 Å². The van der Waals surface area contributed by atoms with Crippen LogP contribution in [-0.2, 0) is 10.3 Å². The van der Waals surface area contributed by atoms with Gasteiger partial charge in [0.15, 0.2) is 0 Å². The van der Waals surface area contributed by atoms with E-state index in [0.29, 0.717) is 0 Å². The Labute approximate surface area is 129 Å². The fourth-order valence-corrected chi connectivity index (χ4v) is 2.80. The third-order valence-corrected chi connectivity index (χ3v) is 4.19. The first-order chi connectivity index (χ1) is 10.7. The van der Waals surface area contributed by atoms with Gasteiger partial charge in [-0.1, -0.05) is 42.5 Å². The molecule has 0 aliphatic heterocycles. The number of benzene rings is 2. The van der Waals surface area contributed by atoms with Crippen LogP contribution in [0.15, 0.2) is 60.7 Å². The topological polar surface area (TPSA) is 29.1 Å². The van der Waals surface area contributed by atoms with Crippen molar-refractivity contribution in [2.24, 2.45) is 0 Å². The molecule has 3 rings (SSSR count). The van der Waals surface area contributed by atoms with Crippen LogP contribution in [0.3, 0.4) is 0 Å². The van der Waals surface area contributed by atoms with E-state index in [2.05, 4.69) is 17.4 Å². The normalized spacial score (nSPS) is 16.2. The van der Waals surface area contributed by atoms with Gasteiger partial charge in [-0.15, -0.1) is 0 Å². The van der Waals surface area contributed by atoms with Gasteiger partial charge < -0.3 is 5.32 Å². The largest absolute Gasteiger partial charge is 0.343 e. The second-order valence-corrected chi connectivity index (χ2v) is 5.68. The van der Waals surface area contributed by atoms with Crippen molar-refractivity contribution in [1.82, 2.24) is 5.32 Å². The molecular weight excluding hydrogens is 277 g/mol. The fraction of sp³-hybridized carbons (Fsp3) is 0.211. The van der Waals surface area contributed by atoms with Crippen molar-refractivity contribution in [2.75, 3.05) is 0 Å². The summed E-state index contributed by atoms with van der Waals surface area (Å²) in [5.74, 6) is -0.396. The van der Waals surface area contributed by atoms with E-state index in [-0.39, 0.29) is 17.3 Å². The van der Waals surface area contributed by atoms with E-state index < -0.39 is 0 Å². The standard InChI is InChI=1S/C19H18FNO/c20-17-10-7-15(8-11-17)9-12-18(22)21-19(13-4-14-19)16-5-2-1-3-6-16/h1-3,5-12H,4,13-14H2,(H,21,22)/b12-9+. The molecule has 22 heavy (non-hydrogen) atoms. The van der Waals surface area contributed by atoms with E-state index in [4.69, 9.17) is 0 Å². The van der Waals surface area contributed by atoms with E-state index in [1.807, 2.05) is 18.2 Å². The summed E-state index contributed by atoms with van der Waals surface area (Å²) in [6.07, 6.45) is 6.26. The zero-order valence-corrected chi connectivity index (χ0v) is 12.3. The van der Waals surface area contributed by atoms with Gasteiger partial charge in [-0.05, 0) is 48.6 Å². The molecule has 1 amide bonds. The Balaban J connectivity index is 1.69. The van der Waals surface area contributed by atoms with Crippen LogP contribution in [0.4, 0.5) is 4.39 Å². The molecular formula is C19H18FNO. The molecule has 2 aromatic rings. The van der Waals surface area contributed by atoms with Crippen LogP contribution >= 0.6 is 0 Å². The van der Waals surface area contributed by atoms with Gasteiger partial charge in [-0.3, -0.25) is 4.79 Å². The average molecular weight is 295 g/mol. The molecule has 2 aromatic carbocycles. The molecule has 0 heterocycles. The maximum Gasteiger partial charge on any atom is 0.244 e. The number of rotatable bonds is 4. The first kappa shape index (κ1) is 14.5. The smallest absolute Gasteiger partial charge is 0.244 e. The Hall–Kier alpha value is -2.42. The van der Waals surface area contributed by atoms with Crippen molar-refractivity contribution in [2.45, 2.75) is 24.8 Å². The number of carbonyl (C=O) groups excluding carboxylic acids is 1. The number of amides is 1. The summed E-state index contributed by atoms with van der Waals surface area (Å²) >= 11 is 0. The number of nitrogens with one attached hydrogen (secondary N) is 1. The molecule has 112 valence electrons. The summed E-state index contributed by atoms with van der Waals surface area (Å²) in [4.78, 5) is 12.2. The lowest BCUT2D eigenvalue weighted by molar-refractivity contribution is -0.119. The number of hydrogen-bond acceptors (Lipinski definition) is 1. The zero-order chi connectivity index (χ0) is 15.4. The molecule has 0 saturated heterocycles. The Morgan fingerprint density at radius 3 is 2.32 bits per heavy atom. The maximum absolute atomic E-state index is 12.8. The van der Waals surface area contributed by atoms with Crippen molar-refractivity contribution in [3.8, 4) is 0 Å². The molecule has 0 bridgehead atoms. The lowest BCUT2D eigenvalue weighted by atomic mass is 9.72. The molecule has 1 aliphatic carbocycles. The molecule has 1 fully saturated rings. The van der Waals surface area contributed by atoms with Crippen molar-refractivity contribution in [3.05, 3.63) is 77.6 Å². The number of carbonyl (C=O) groups is 1. The zero-order valence-electron chi connectivity index (χ0n) is 12.3. The monoisotopic (exact) mass is 295 g/mol. The highest BCUT2D eigenvalue weighted by Gasteiger charge is 2.39. The van der Waals surface area contributed by atoms with Crippen LogP contribution in [0.25, 0.3) is 6.08 Å². The first-order valence-corrected chi connectivity index (χ1v) is 7.49. The molecule has 3 heteroatoms. The second-order valence-electron chi connectivity index (χ2n) is 5.68. The average Bonchev–Trinajstić information content (AvgIpc) is 2.51. The highest BCUT2D eigenvalue weighted by Crippen LogP contribution is 2.41. The van der Waals surface area contributed by atoms with Crippen LogP contribution in [0.2, 0.25) is 0 Å². The lowest BCUT2D eigenvalue weighted by Crippen LogP contribution is -2.50. The molecule has 0 spiro atoms. The Morgan fingerprint density at radius 2 is 1.73 bits per heavy atom. The fourth-order valence-electron chi connectivity index (χ4n) is 2.80. The summed E-state index contributed by atoms with van der Waals surface area (Å²) < 4.78 is 12.8. The molecule has 1 saturated carbocycles. The van der Waals surface area contributed by atoms with Gasteiger partial charge in [0.1, 0.15) is 5.82 Å². The summed E-state index contributed by atoms with van der Waals surface area (Å²) in [6.45, 7) is 0. The van der Waals surface area contributed by atoms with Crippen molar-refractivity contribution >= 4 is 12.0 Å². The van der Waals surface area contributed by atoms with E-state index in [1.54, 1.807) is 18.2 Å². The van der Waals surface area contributed by atoms with Gasteiger partial charge in [-0.2, -0.15) is 0 Å². The minimum Gasteiger partial charge on any atom is -0.343 e. The third kappa shape index (κ3) is 3.08. The minimum absolute atomic E-state index is 0.118. The third-order valence-electron chi connectivity index (χ3n) is 4.19. The van der Waals surface area contributed by atoms with Crippen LogP contribution in [0, 0.1) is 5.82 Å². The Morgan fingerprint density at radius 1 is 1.05 bits per heavy atom. The van der Waals surface area contributed by atoms with Gasteiger partial charge in [0.05, 0.1) is 5.54 Å². The summed E-state index contributed by atoms with van der Waals surface area (Å²) in [5.41, 5.74) is 1.73. The Kier molecular flexibility index (Phi) is 4.05.